The Morgan fingerprint density at radius 3 is 1.72 bits per heavy atom. The molecule has 0 unspecified atom stereocenters. The number of carbonyl (C=O) groups excluding carboxylic acids is 1. The van der Waals surface area contributed by atoms with E-state index >= 15 is 0 Å². The van der Waals surface area contributed by atoms with Gasteiger partial charge in [0, 0.05) is 0 Å². The highest BCUT2D eigenvalue weighted by Gasteiger charge is 2.46. The molecule has 228 valence electrons. The standard InChI is InChI=1S/C14H22O25/c1-5-7(3)21-13(18)6(2)12(5)23-14-11(17)10(16)9(15)8(22-14)4-20-25-27-29-31-33-35-37-39-38-36-34-32-30-28-26-24-19/h5,7-11,14-17,19H,4H2,1-3H3/t5-,7-,8-,9-,10+,11-,14+/m1/s1. The lowest BCUT2D eigenvalue weighted by Crippen LogP contribution is -2.59. The average Bonchev–Trinajstić information content (AvgIpc) is 2.92. The normalized spacial score (nSPS) is 29.5. The molecular formula is C14H22O25. The zero-order valence-corrected chi connectivity index (χ0v) is 19.6. The van der Waals surface area contributed by atoms with Crippen LogP contribution in [0.2, 0.25) is 0 Å². The smallest absolute Gasteiger partial charge is 0.337 e. The first-order valence-electron chi connectivity index (χ1n) is 9.99. The van der Waals surface area contributed by atoms with Gasteiger partial charge in [0.2, 0.25) is 6.29 Å². The summed E-state index contributed by atoms with van der Waals surface area (Å²) in [6.45, 7) is 4.21. The van der Waals surface area contributed by atoms with Crippen molar-refractivity contribution in [1.82, 2.24) is 0 Å². The van der Waals surface area contributed by atoms with E-state index < -0.39 is 55.3 Å². The molecule has 0 saturated carbocycles. The van der Waals surface area contributed by atoms with E-state index in [9.17, 15) is 20.1 Å². The van der Waals surface area contributed by atoms with Gasteiger partial charge in [-0.15, -0.1) is 0 Å². The van der Waals surface area contributed by atoms with Crippen molar-refractivity contribution < 1.29 is 125 Å². The predicted molar refractivity (Wildman–Crippen MR) is 91.1 cm³/mol. The third-order valence-corrected chi connectivity index (χ3v) is 4.70. The lowest BCUT2D eigenvalue weighted by atomic mass is 9.96. The van der Waals surface area contributed by atoms with Crippen LogP contribution in [-0.2, 0) is 105 Å². The number of hydrogen-bond donors (Lipinski definition) is 4. The molecule has 0 aromatic carbocycles. The Kier molecular flexibility index (Phi) is 15.8. The fourth-order valence-corrected chi connectivity index (χ4v) is 2.76. The second-order valence-electron chi connectivity index (χ2n) is 6.90. The average molecular weight is 590 g/mol. The molecule has 25 nitrogen and oxygen atoms in total. The number of aliphatic hydroxyl groups is 3. The SMILES string of the molecule is CC1=C(O[C@@H]2O[C@H](COOOOOOOOOOOOOOOOOO)[C@@H](O)[C@H](O)[C@H]2O)[C@H](C)[C@@H](C)OC1=O. The van der Waals surface area contributed by atoms with E-state index in [1.807, 2.05) is 0 Å². The monoisotopic (exact) mass is 590 g/mol. The molecule has 0 aromatic heterocycles. The van der Waals surface area contributed by atoms with Crippen LogP contribution < -0.4 is 0 Å². The maximum atomic E-state index is 12.0. The Bertz CT molecular complexity index is 719. The number of carbonyl (C=O) groups is 1. The van der Waals surface area contributed by atoms with Gasteiger partial charge in [-0.3, -0.25) is 0 Å². The molecule has 25 heteroatoms. The lowest BCUT2D eigenvalue weighted by Gasteiger charge is -2.41. The highest BCUT2D eigenvalue weighted by molar-refractivity contribution is 5.89. The van der Waals surface area contributed by atoms with Crippen molar-refractivity contribution in [2.75, 3.05) is 6.61 Å². The predicted octanol–water partition coefficient (Wildman–Crippen LogP) is -1.94. The Hall–Kier alpha value is -1.87. The third-order valence-electron chi connectivity index (χ3n) is 4.70. The van der Waals surface area contributed by atoms with E-state index in [1.165, 1.54) is 6.92 Å². The van der Waals surface area contributed by atoms with Gasteiger partial charge in [0.15, 0.2) is 0 Å². The second kappa shape index (κ2) is 18.5. The van der Waals surface area contributed by atoms with E-state index in [1.54, 1.807) is 13.8 Å². The highest BCUT2D eigenvalue weighted by Crippen LogP contribution is 2.32. The quantitative estimate of drug-likeness (QED) is 0.0519. The minimum absolute atomic E-state index is 0.144. The summed E-state index contributed by atoms with van der Waals surface area (Å²) in [6, 6.07) is 0. The molecule has 4 N–H and O–H groups in total. The molecule has 39 heavy (non-hydrogen) atoms. The molecule has 0 aromatic rings. The number of ether oxygens (including phenoxy) is 3. The molecule has 0 aliphatic carbocycles. The molecule has 2 aliphatic rings. The van der Waals surface area contributed by atoms with Gasteiger partial charge in [0.1, 0.15) is 42.9 Å². The Labute approximate surface area is 213 Å². The van der Waals surface area contributed by atoms with E-state index in [0.29, 0.717) is 0 Å². The summed E-state index contributed by atoms with van der Waals surface area (Å²) in [7, 11) is 0. The molecule has 2 heterocycles. The van der Waals surface area contributed by atoms with Crippen LogP contribution in [0.3, 0.4) is 0 Å². The summed E-state index contributed by atoms with van der Waals surface area (Å²) in [5.41, 5.74) is 0.144. The lowest BCUT2D eigenvalue weighted by molar-refractivity contribution is -0.889. The fraction of sp³-hybridized carbons (Fsp3) is 0.786. The van der Waals surface area contributed by atoms with Gasteiger partial charge in [-0.1, -0.05) is 6.92 Å². The van der Waals surface area contributed by atoms with Crippen molar-refractivity contribution in [1.29, 1.82) is 0 Å². The van der Waals surface area contributed by atoms with Crippen LogP contribution >= 0.6 is 0 Å². The van der Waals surface area contributed by atoms with Crippen LogP contribution in [0.5, 0.6) is 0 Å². The maximum Gasteiger partial charge on any atom is 0.337 e. The molecule has 2 aliphatic heterocycles. The largest absolute Gasteiger partial charge is 0.465 e. The van der Waals surface area contributed by atoms with Crippen molar-refractivity contribution in [2.24, 2.45) is 5.92 Å². The van der Waals surface area contributed by atoms with Gasteiger partial charge in [-0.05, 0) is 94.5 Å². The number of aliphatic hydroxyl groups excluding tert-OH is 3. The van der Waals surface area contributed by atoms with Crippen LogP contribution in [0.15, 0.2) is 11.3 Å². The van der Waals surface area contributed by atoms with E-state index in [4.69, 9.17) is 19.5 Å². The van der Waals surface area contributed by atoms with Gasteiger partial charge in [-0.2, -0.15) is 0 Å². The first-order chi connectivity index (χ1) is 18.8. The minimum Gasteiger partial charge on any atom is -0.465 e. The van der Waals surface area contributed by atoms with Crippen LogP contribution in [0.25, 0.3) is 0 Å². The summed E-state index contributed by atoms with van der Waals surface area (Å²) in [6.07, 6.45) is -8.44. The van der Waals surface area contributed by atoms with Crippen molar-refractivity contribution in [3.63, 3.8) is 0 Å². The Morgan fingerprint density at radius 1 is 0.718 bits per heavy atom. The zero-order chi connectivity index (χ0) is 28.6. The summed E-state index contributed by atoms with van der Waals surface area (Å²) in [5.74, 6) is -0.837. The first kappa shape index (κ1) is 33.3. The first-order valence-corrected chi connectivity index (χ1v) is 9.99. The van der Waals surface area contributed by atoms with Crippen LogP contribution in [0.4, 0.5) is 0 Å². The molecule has 1 fully saturated rings. The van der Waals surface area contributed by atoms with Crippen molar-refractivity contribution >= 4 is 5.97 Å². The molecular weight excluding hydrogens is 568 g/mol. The second-order valence-corrected chi connectivity index (χ2v) is 6.90. The van der Waals surface area contributed by atoms with Gasteiger partial charge in [-0.25, -0.2) is 14.9 Å². The van der Waals surface area contributed by atoms with E-state index in [0.717, 1.165) is 0 Å². The zero-order valence-electron chi connectivity index (χ0n) is 19.6. The Morgan fingerprint density at radius 2 is 1.21 bits per heavy atom. The summed E-state index contributed by atoms with van der Waals surface area (Å²) < 4.78 is 16.2. The van der Waals surface area contributed by atoms with Crippen LogP contribution in [-0.4, -0.2) is 70.0 Å². The van der Waals surface area contributed by atoms with E-state index in [2.05, 4.69) is 85.5 Å². The molecule has 7 atom stereocenters. The molecule has 0 radical (unpaired) electrons. The van der Waals surface area contributed by atoms with Crippen molar-refractivity contribution in [3.8, 4) is 0 Å². The number of cyclic esters (lactones) is 1. The molecule has 0 spiro atoms. The number of hydrogen-bond acceptors (Lipinski definition) is 25. The van der Waals surface area contributed by atoms with Gasteiger partial charge in [0.05, 0.1) is 11.5 Å². The highest BCUT2D eigenvalue weighted by atomic mass is 18.0. The summed E-state index contributed by atoms with van der Waals surface area (Å²) in [5, 5.41) is 95.0. The van der Waals surface area contributed by atoms with Crippen molar-refractivity contribution in [3.05, 3.63) is 11.3 Å². The maximum absolute atomic E-state index is 12.0. The molecule has 1 saturated heterocycles. The minimum atomic E-state index is -1.73. The number of esters is 1. The van der Waals surface area contributed by atoms with Gasteiger partial charge in [0.25, 0.3) is 0 Å². The van der Waals surface area contributed by atoms with Gasteiger partial charge < -0.3 is 29.5 Å². The summed E-state index contributed by atoms with van der Waals surface area (Å²) in [4.78, 5) is 16.5. The topological polar surface area (TPSA) is 283 Å². The Balaban J connectivity index is 1.56. The third kappa shape index (κ3) is 11.3. The fourth-order valence-electron chi connectivity index (χ4n) is 2.76. The van der Waals surface area contributed by atoms with Crippen LogP contribution in [0, 0.1) is 5.92 Å². The number of rotatable bonds is 20. The summed E-state index contributed by atoms with van der Waals surface area (Å²) >= 11 is 0. The molecule has 2 rings (SSSR count). The molecule has 0 bridgehead atoms. The van der Waals surface area contributed by atoms with E-state index in [-0.39, 0.29) is 11.3 Å². The van der Waals surface area contributed by atoms with Crippen molar-refractivity contribution in [2.45, 2.75) is 57.6 Å². The molecule has 0 amide bonds. The van der Waals surface area contributed by atoms with Gasteiger partial charge >= 0.3 is 5.97 Å². The van der Waals surface area contributed by atoms with Crippen LogP contribution in [0.1, 0.15) is 20.8 Å².